The van der Waals surface area contributed by atoms with Crippen LogP contribution in [0.25, 0.3) is 0 Å². The van der Waals surface area contributed by atoms with Crippen LogP contribution in [0.1, 0.15) is 42.0 Å². The van der Waals surface area contributed by atoms with Gasteiger partial charge in [0.05, 0.1) is 0 Å². The van der Waals surface area contributed by atoms with Gasteiger partial charge in [0, 0.05) is 18.8 Å². The van der Waals surface area contributed by atoms with Crippen molar-refractivity contribution in [1.82, 2.24) is 9.88 Å². The number of hydrogen-bond donors (Lipinski definition) is 1. The highest BCUT2D eigenvalue weighted by molar-refractivity contribution is 5.95. The molecular formula is C13H18N2O2. The van der Waals surface area contributed by atoms with E-state index in [0.717, 1.165) is 30.5 Å². The third kappa shape index (κ3) is 2.12. The third-order valence-electron chi connectivity index (χ3n) is 3.28. The van der Waals surface area contributed by atoms with Crippen molar-refractivity contribution in [3.05, 3.63) is 23.0 Å². The number of aromatic nitrogens is 1. The first-order valence-electron chi connectivity index (χ1n) is 6.18. The summed E-state index contributed by atoms with van der Waals surface area (Å²) in [6.07, 6.45) is 2.93. The molecule has 0 aromatic carbocycles. The molecule has 1 aliphatic rings. The second-order valence-corrected chi connectivity index (χ2v) is 4.29. The van der Waals surface area contributed by atoms with E-state index >= 15 is 0 Å². The fourth-order valence-corrected chi connectivity index (χ4v) is 2.28. The first kappa shape index (κ1) is 11.9. The molecule has 1 amide bonds. The molecule has 0 unspecified atom stereocenters. The van der Waals surface area contributed by atoms with E-state index in [-0.39, 0.29) is 17.4 Å². The van der Waals surface area contributed by atoms with E-state index in [4.69, 9.17) is 0 Å². The van der Waals surface area contributed by atoms with Gasteiger partial charge in [-0.1, -0.05) is 0 Å². The lowest BCUT2D eigenvalue weighted by atomic mass is 10.2. The number of nitrogens with zero attached hydrogens (tertiary/aromatic N) is 2. The van der Waals surface area contributed by atoms with Crippen molar-refractivity contribution < 1.29 is 9.90 Å². The summed E-state index contributed by atoms with van der Waals surface area (Å²) in [6.45, 7) is 5.11. The molecule has 4 heteroatoms. The van der Waals surface area contributed by atoms with Crippen molar-refractivity contribution in [3.63, 3.8) is 0 Å². The molecule has 0 saturated carbocycles. The van der Waals surface area contributed by atoms with Crippen LogP contribution >= 0.6 is 0 Å². The van der Waals surface area contributed by atoms with Crippen LogP contribution in [0.3, 0.4) is 0 Å². The highest BCUT2D eigenvalue weighted by Crippen LogP contribution is 2.26. The van der Waals surface area contributed by atoms with Gasteiger partial charge in [-0.05, 0) is 44.7 Å². The van der Waals surface area contributed by atoms with E-state index in [0.29, 0.717) is 13.1 Å². The Labute approximate surface area is 101 Å². The highest BCUT2D eigenvalue weighted by Gasteiger charge is 2.22. The normalized spacial score (nSPS) is 13.5. The van der Waals surface area contributed by atoms with Gasteiger partial charge in [-0.2, -0.15) is 0 Å². The molecule has 1 aromatic rings. The Balaban J connectivity index is 2.35. The molecule has 92 valence electrons. The van der Waals surface area contributed by atoms with Crippen molar-refractivity contribution in [2.45, 2.75) is 33.1 Å². The summed E-state index contributed by atoms with van der Waals surface area (Å²) in [5, 5.41) is 9.88. The van der Waals surface area contributed by atoms with Crippen LogP contribution in [0, 0.1) is 0 Å². The fraction of sp³-hybridized carbons (Fsp3) is 0.538. The monoisotopic (exact) mass is 234 g/mol. The Kier molecular flexibility index (Phi) is 3.31. The van der Waals surface area contributed by atoms with Gasteiger partial charge in [0.25, 0.3) is 5.91 Å². The molecule has 1 aromatic heterocycles. The number of fused-ring (bicyclic) bond motifs is 1. The number of aromatic hydroxyl groups is 1. The van der Waals surface area contributed by atoms with Gasteiger partial charge in [-0.3, -0.25) is 4.79 Å². The number of rotatable bonds is 3. The van der Waals surface area contributed by atoms with Gasteiger partial charge >= 0.3 is 0 Å². The molecule has 2 rings (SSSR count). The summed E-state index contributed by atoms with van der Waals surface area (Å²) in [5.41, 5.74) is 2.26. The summed E-state index contributed by atoms with van der Waals surface area (Å²) in [4.78, 5) is 18.1. The predicted molar refractivity (Wildman–Crippen MR) is 65.2 cm³/mol. The molecule has 1 aliphatic carbocycles. The van der Waals surface area contributed by atoms with Gasteiger partial charge in [-0.15, -0.1) is 0 Å². The van der Waals surface area contributed by atoms with Gasteiger partial charge < -0.3 is 10.0 Å². The molecule has 0 fully saturated rings. The number of carbonyl (C=O) groups excluding carboxylic acids is 1. The average Bonchev–Trinajstić information content (AvgIpc) is 2.76. The van der Waals surface area contributed by atoms with Crippen LogP contribution in [-0.2, 0) is 12.8 Å². The van der Waals surface area contributed by atoms with Crippen LogP contribution < -0.4 is 0 Å². The molecule has 4 nitrogen and oxygen atoms in total. The van der Waals surface area contributed by atoms with Gasteiger partial charge in [0.1, 0.15) is 5.75 Å². The maximum atomic E-state index is 12.1. The maximum absolute atomic E-state index is 12.1. The summed E-state index contributed by atoms with van der Waals surface area (Å²) in [7, 11) is 0. The predicted octanol–water partition coefficient (Wildman–Crippen LogP) is 1.76. The highest BCUT2D eigenvalue weighted by atomic mass is 16.3. The minimum atomic E-state index is -0.179. The molecule has 1 N–H and O–H groups in total. The SMILES string of the molecule is CCN(CC)C(=O)c1nc2c(cc1O)CCC2. The molecule has 1 heterocycles. The second-order valence-electron chi connectivity index (χ2n) is 4.29. The van der Waals surface area contributed by atoms with Gasteiger partial charge in [-0.25, -0.2) is 4.98 Å². The molecule has 17 heavy (non-hydrogen) atoms. The zero-order chi connectivity index (χ0) is 12.4. The van der Waals surface area contributed by atoms with E-state index in [1.165, 1.54) is 0 Å². The van der Waals surface area contributed by atoms with Crippen LogP contribution in [-0.4, -0.2) is 34.0 Å². The van der Waals surface area contributed by atoms with E-state index in [1.54, 1.807) is 11.0 Å². The summed E-state index contributed by atoms with van der Waals surface area (Å²) >= 11 is 0. The Morgan fingerprint density at radius 2 is 2.12 bits per heavy atom. The molecule has 0 saturated heterocycles. The van der Waals surface area contributed by atoms with Crippen molar-refractivity contribution in [1.29, 1.82) is 0 Å². The number of pyridine rings is 1. The molecule has 0 aliphatic heterocycles. The van der Waals surface area contributed by atoms with Crippen LogP contribution in [0.2, 0.25) is 0 Å². The van der Waals surface area contributed by atoms with E-state index in [1.807, 2.05) is 13.8 Å². The zero-order valence-corrected chi connectivity index (χ0v) is 10.4. The average molecular weight is 234 g/mol. The topological polar surface area (TPSA) is 53.4 Å². The smallest absolute Gasteiger partial charge is 0.276 e. The van der Waals surface area contributed by atoms with Crippen LogP contribution in [0.4, 0.5) is 0 Å². The molecule has 0 atom stereocenters. The Hall–Kier alpha value is -1.58. The van der Waals surface area contributed by atoms with Crippen molar-refractivity contribution >= 4 is 5.91 Å². The standard InChI is InChI=1S/C13H18N2O2/c1-3-15(4-2)13(17)12-11(16)8-9-6-5-7-10(9)14-12/h8,16H,3-7H2,1-2H3. The fourth-order valence-electron chi connectivity index (χ4n) is 2.28. The lowest BCUT2D eigenvalue weighted by Crippen LogP contribution is -2.31. The molecule has 0 radical (unpaired) electrons. The number of aryl methyl sites for hydroxylation is 2. The van der Waals surface area contributed by atoms with E-state index in [9.17, 15) is 9.90 Å². The number of hydrogen-bond acceptors (Lipinski definition) is 3. The van der Waals surface area contributed by atoms with Crippen molar-refractivity contribution in [2.24, 2.45) is 0 Å². The third-order valence-corrected chi connectivity index (χ3v) is 3.28. The Bertz CT molecular complexity index is 439. The molecular weight excluding hydrogens is 216 g/mol. The van der Waals surface area contributed by atoms with Crippen molar-refractivity contribution in [3.8, 4) is 5.75 Å². The molecule has 0 spiro atoms. The van der Waals surface area contributed by atoms with E-state index in [2.05, 4.69) is 4.98 Å². The first-order valence-corrected chi connectivity index (χ1v) is 6.18. The largest absolute Gasteiger partial charge is 0.505 e. The van der Waals surface area contributed by atoms with Gasteiger partial charge in [0.15, 0.2) is 5.69 Å². The van der Waals surface area contributed by atoms with Crippen LogP contribution in [0.5, 0.6) is 5.75 Å². The van der Waals surface area contributed by atoms with Gasteiger partial charge in [0.2, 0.25) is 0 Å². The second kappa shape index (κ2) is 4.73. The zero-order valence-electron chi connectivity index (χ0n) is 10.4. The minimum absolute atomic E-state index is 0.0163. The lowest BCUT2D eigenvalue weighted by Gasteiger charge is -2.19. The quantitative estimate of drug-likeness (QED) is 0.867. The Morgan fingerprint density at radius 3 is 2.76 bits per heavy atom. The first-order chi connectivity index (χ1) is 8.17. The summed E-state index contributed by atoms with van der Waals surface area (Å²) in [5.74, 6) is -0.162. The van der Waals surface area contributed by atoms with Crippen LogP contribution in [0.15, 0.2) is 6.07 Å². The van der Waals surface area contributed by atoms with Crippen molar-refractivity contribution in [2.75, 3.05) is 13.1 Å². The lowest BCUT2D eigenvalue weighted by molar-refractivity contribution is 0.0763. The van der Waals surface area contributed by atoms with E-state index < -0.39 is 0 Å². The Morgan fingerprint density at radius 1 is 1.41 bits per heavy atom. The minimum Gasteiger partial charge on any atom is -0.505 e. The molecule has 0 bridgehead atoms. The number of amides is 1. The summed E-state index contributed by atoms with van der Waals surface area (Å²) in [6, 6.07) is 1.70. The number of carbonyl (C=O) groups is 1. The summed E-state index contributed by atoms with van der Waals surface area (Å²) < 4.78 is 0. The maximum Gasteiger partial charge on any atom is 0.276 e.